The summed E-state index contributed by atoms with van der Waals surface area (Å²) in [6.07, 6.45) is 8.08. The number of carbonyl (C=O) groups excluding carboxylic acids is 1. The maximum Gasteiger partial charge on any atom is 0.252 e. The number of aromatic nitrogens is 1. The number of nitrogens with one attached hydrogen (secondary N) is 1. The Balaban J connectivity index is 2.03. The van der Waals surface area contributed by atoms with Gasteiger partial charge in [0, 0.05) is 29.0 Å². The summed E-state index contributed by atoms with van der Waals surface area (Å²) in [7, 11) is 4.23. The van der Waals surface area contributed by atoms with Crippen molar-refractivity contribution in [2.24, 2.45) is 5.92 Å². The lowest BCUT2D eigenvalue weighted by Crippen LogP contribution is -2.55. The van der Waals surface area contributed by atoms with Crippen LogP contribution in [0, 0.1) is 5.92 Å². The van der Waals surface area contributed by atoms with Crippen molar-refractivity contribution < 1.29 is 4.79 Å². The van der Waals surface area contributed by atoms with Crippen LogP contribution >= 0.6 is 15.9 Å². The average molecular weight is 354 g/mol. The maximum atomic E-state index is 12.3. The van der Waals surface area contributed by atoms with Gasteiger partial charge in [0.2, 0.25) is 0 Å². The molecule has 2 atom stereocenters. The van der Waals surface area contributed by atoms with Crippen LogP contribution in [0.3, 0.4) is 0 Å². The van der Waals surface area contributed by atoms with Crippen LogP contribution in [-0.2, 0) is 0 Å². The van der Waals surface area contributed by atoms with Crippen LogP contribution in [0.25, 0.3) is 0 Å². The monoisotopic (exact) mass is 353 g/mol. The third-order valence-corrected chi connectivity index (χ3v) is 4.99. The SMILES string of the molecule is CC1CCCC(CNC(=O)c2cncc(Br)c2)(N(C)C)C1. The third kappa shape index (κ3) is 4.04. The van der Waals surface area contributed by atoms with Crippen molar-refractivity contribution in [1.29, 1.82) is 0 Å². The predicted octanol–water partition coefficient (Wildman–Crippen LogP) is 3.08. The number of carbonyl (C=O) groups is 1. The van der Waals surface area contributed by atoms with Gasteiger partial charge in [-0.1, -0.05) is 19.8 Å². The highest BCUT2D eigenvalue weighted by molar-refractivity contribution is 9.10. The Hall–Kier alpha value is -0.940. The molecule has 0 aliphatic heterocycles. The molecule has 1 N–H and O–H groups in total. The van der Waals surface area contributed by atoms with E-state index < -0.39 is 0 Å². The van der Waals surface area contributed by atoms with E-state index in [9.17, 15) is 4.79 Å². The summed E-state index contributed by atoms with van der Waals surface area (Å²) in [5, 5.41) is 3.10. The number of nitrogens with zero attached hydrogens (tertiary/aromatic N) is 2. The molecule has 1 fully saturated rings. The molecule has 1 aliphatic carbocycles. The Morgan fingerprint density at radius 1 is 1.52 bits per heavy atom. The Morgan fingerprint density at radius 2 is 2.29 bits per heavy atom. The second-order valence-corrected chi connectivity index (χ2v) is 7.31. The van der Waals surface area contributed by atoms with Gasteiger partial charge in [-0.15, -0.1) is 0 Å². The minimum absolute atomic E-state index is 0.0525. The first-order valence-electron chi connectivity index (χ1n) is 7.49. The number of halogens is 1. The van der Waals surface area contributed by atoms with E-state index in [1.807, 2.05) is 0 Å². The molecule has 1 aliphatic rings. The van der Waals surface area contributed by atoms with Gasteiger partial charge >= 0.3 is 0 Å². The summed E-state index contributed by atoms with van der Waals surface area (Å²) in [5.41, 5.74) is 0.675. The van der Waals surface area contributed by atoms with Crippen LogP contribution < -0.4 is 5.32 Å². The molecule has 4 nitrogen and oxygen atoms in total. The van der Waals surface area contributed by atoms with Crippen molar-refractivity contribution in [3.05, 3.63) is 28.5 Å². The fourth-order valence-corrected chi connectivity index (χ4v) is 3.60. The van der Waals surface area contributed by atoms with E-state index in [0.717, 1.165) is 17.3 Å². The zero-order chi connectivity index (χ0) is 15.5. The van der Waals surface area contributed by atoms with Gasteiger partial charge in [-0.05, 0) is 54.9 Å². The molecular formula is C16H24BrN3O. The lowest BCUT2D eigenvalue weighted by atomic mass is 9.75. The molecule has 0 bridgehead atoms. The second kappa shape index (κ2) is 6.88. The standard InChI is InChI=1S/C16H24BrN3O/c1-12-5-4-6-16(8-12,20(2)3)11-19-15(21)13-7-14(17)10-18-9-13/h7,9-10,12H,4-6,8,11H2,1-3H3,(H,19,21). The van der Waals surface area contributed by atoms with Crippen molar-refractivity contribution in [2.75, 3.05) is 20.6 Å². The summed E-state index contributed by atoms with van der Waals surface area (Å²) in [5.74, 6) is 0.661. The van der Waals surface area contributed by atoms with Crippen LogP contribution in [-0.4, -0.2) is 42.0 Å². The number of pyridine rings is 1. The lowest BCUT2D eigenvalue weighted by molar-refractivity contribution is 0.0675. The van der Waals surface area contributed by atoms with Gasteiger partial charge in [0.05, 0.1) is 5.56 Å². The summed E-state index contributed by atoms with van der Waals surface area (Å²) < 4.78 is 0.823. The zero-order valence-corrected chi connectivity index (χ0v) is 14.6. The maximum absolute atomic E-state index is 12.3. The molecular weight excluding hydrogens is 330 g/mol. The highest BCUT2D eigenvalue weighted by atomic mass is 79.9. The Bertz CT molecular complexity index is 506. The molecule has 1 saturated carbocycles. The molecule has 0 saturated heterocycles. The van der Waals surface area contributed by atoms with Gasteiger partial charge in [-0.25, -0.2) is 0 Å². The average Bonchev–Trinajstić information content (AvgIpc) is 2.44. The Kier molecular flexibility index (Phi) is 5.38. The Labute approximate surface area is 135 Å². The molecule has 1 aromatic heterocycles. The number of hydrogen-bond donors (Lipinski definition) is 1. The van der Waals surface area contributed by atoms with Crippen LogP contribution in [0.15, 0.2) is 22.9 Å². The second-order valence-electron chi connectivity index (χ2n) is 6.39. The van der Waals surface area contributed by atoms with Crippen molar-refractivity contribution in [3.63, 3.8) is 0 Å². The summed E-state index contributed by atoms with van der Waals surface area (Å²) in [4.78, 5) is 18.6. The molecule has 0 radical (unpaired) electrons. The molecule has 2 unspecified atom stereocenters. The molecule has 0 aromatic carbocycles. The highest BCUT2D eigenvalue weighted by Crippen LogP contribution is 2.35. The normalized spacial score (nSPS) is 25.9. The van der Waals surface area contributed by atoms with E-state index >= 15 is 0 Å². The van der Waals surface area contributed by atoms with Gasteiger partial charge < -0.3 is 10.2 Å². The van der Waals surface area contributed by atoms with E-state index in [1.165, 1.54) is 12.8 Å². The molecule has 116 valence electrons. The van der Waals surface area contributed by atoms with Gasteiger partial charge in [0.1, 0.15) is 0 Å². The first-order valence-corrected chi connectivity index (χ1v) is 8.28. The van der Waals surface area contributed by atoms with E-state index in [1.54, 1.807) is 18.5 Å². The zero-order valence-electron chi connectivity index (χ0n) is 13.0. The smallest absolute Gasteiger partial charge is 0.252 e. The molecule has 1 amide bonds. The summed E-state index contributed by atoms with van der Waals surface area (Å²) >= 11 is 3.35. The minimum atomic E-state index is -0.0525. The van der Waals surface area contributed by atoms with Crippen LogP contribution in [0.5, 0.6) is 0 Å². The number of hydrogen-bond acceptors (Lipinski definition) is 3. The first-order chi connectivity index (χ1) is 9.93. The van der Waals surface area contributed by atoms with E-state index in [4.69, 9.17) is 0 Å². The van der Waals surface area contributed by atoms with E-state index in [0.29, 0.717) is 18.0 Å². The van der Waals surface area contributed by atoms with Gasteiger partial charge in [0.25, 0.3) is 5.91 Å². The summed E-state index contributed by atoms with van der Waals surface area (Å²) in [6.45, 7) is 2.99. The van der Waals surface area contributed by atoms with Crippen molar-refractivity contribution in [1.82, 2.24) is 15.2 Å². The summed E-state index contributed by atoms with van der Waals surface area (Å²) in [6, 6.07) is 1.80. The fourth-order valence-electron chi connectivity index (χ4n) is 3.24. The molecule has 5 heteroatoms. The van der Waals surface area contributed by atoms with Crippen molar-refractivity contribution >= 4 is 21.8 Å². The third-order valence-electron chi connectivity index (χ3n) is 4.56. The molecule has 0 spiro atoms. The van der Waals surface area contributed by atoms with Gasteiger partial charge in [0.15, 0.2) is 0 Å². The Morgan fingerprint density at radius 3 is 2.90 bits per heavy atom. The lowest BCUT2D eigenvalue weighted by Gasteiger charge is -2.45. The highest BCUT2D eigenvalue weighted by Gasteiger charge is 2.37. The molecule has 1 aromatic rings. The molecule has 21 heavy (non-hydrogen) atoms. The van der Waals surface area contributed by atoms with Crippen LogP contribution in [0.1, 0.15) is 43.0 Å². The van der Waals surface area contributed by atoms with E-state index in [-0.39, 0.29) is 11.4 Å². The van der Waals surface area contributed by atoms with Crippen LogP contribution in [0.4, 0.5) is 0 Å². The van der Waals surface area contributed by atoms with Crippen molar-refractivity contribution in [3.8, 4) is 0 Å². The number of rotatable bonds is 4. The topological polar surface area (TPSA) is 45.2 Å². The van der Waals surface area contributed by atoms with Gasteiger partial charge in [-0.2, -0.15) is 0 Å². The number of amides is 1. The molecule has 2 rings (SSSR count). The van der Waals surface area contributed by atoms with Crippen molar-refractivity contribution in [2.45, 2.75) is 38.1 Å². The predicted molar refractivity (Wildman–Crippen MR) is 88.3 cm³/mol. The van der Waals surface area contributed by atoms with E-state index in [2.05, 4.69) is 52.1 Å². The van der Waals surface area contributed by atoms with Gasteiger partial charge in [-0.3, -0.25) is 9.78 Å². The molecule has 1 heterocycles. The van der Waals surface area contributed by atoms with Crippen LogP contribution in [0.2, 0.25) is 0 Å². The largest absolute Gasteiger partial charge is 0.350 e. The minimum Gasteiger partial charge on any atom is -0.350 e. The first kappa shape index (κ1) is 16.4. The fraction of sp³-hybridized carbons (Fsp3) is 0.625. The quantitative estimate of drug-likeness (QED) is 0.904. The number of likely N-dealkylation sites (N-methyl/N-ethyl adjacent to an activating group) is 1.